The van der Waals surface area contributed by atoms with Gasteiger partial charge in [-0.3, -0.25) is 4.79 Å². The van der Waals surface area contributed by atoms with Crippen LogP contribution in [0.1, 0.15) is 25.0 Å². The Morgan fingerprint density at radius 3 is 2.87 bits per heavy atom. The molecule has 122 valence electrons. The molecule has 0 saturated heterocycles. The van der Waals surface area contributed by atoms with Crippen LogP contribution < -0.4 is 0 Å². The van der Waals surface area contributed by atoms with Crippen molar-refractivity contribution in [3.05, 3.63) is 35.4 Å². The Bertz CT molecular complexity index is 685. The van der Waals surface area contributed by atoms with Crippen molar-refractivity contribution in [2.24, 2.45) is 5.92 Å². The first-order chi connectivity index (χ1) is 11.1. The second kappa shape index (κ2) is 7.12. The number of carbonyl (C=O) groups excluding carboxylic acids is 1. The molecule has 0 aliphatic carbocycles. The van der Waals surface area contributed by atoms with E-state index in [1.54, 1.807) is 4.68 Å². The summed E-state index contributed by atoms with van der Waals surface area (Å²) in [7, 11) is 0. The Morgan fingerprint density at radius 1 is 1.30 bits per heavy atom. The van der Waals surface area contributed by atoms with Crippen LogP contribution in [0, 0.1) is 5.92 Å². The number of carbonyl (C=O) groups is 1. The highest BCUT2D eigenvalue weighted by atomic mass is 32.2. The molecule has 3 rings (SSSR count). The van der Waals surface area contributed by atoms with Crippen LogP contribution in [0.2, 0.25) is 0 Å². The van der Waals surface area contributed by atoms with Gasteiger partial charge in [-0.05, 0) is 33.9 Å². The predicted octanol–water partition coefficient (Wildman–Crippen LogP) is 2.01. The summed E-state index contributed by atoms with van der Waals surface area (Å²) in [4.78, 5) is 14.4. The molecule has 1 aromatic heterocycles. The summed E-state index contributed by atoms with van der Waals surface area (Å²) in [5.41, 5.74) is 2.60. The monoisotopic (exact) mass is 331 g/mol. The van der Waals surface area contributed by atoms with Crippen LogP contribution in [0.15, 0.2) is 29.4 Å². The summed E-state index contributed by atoms with van der Waals surface area (Å²) in [5, 5.41) is 12.4. The molecule has 1 aliphatic heterocycles. The molecule has 0 saturated carbocycles. The van der Waals surface area contributed by atoms with Crippen LogP contribution in [0.4, 0.5) is 0 Å². The Morgan fingerprint density at radius 2 is 2.09 bits per heavy atom. The zero-order valence-electron chi connectivity index (χ0n) is 13.5. The Hall–Kier alpha value is -1.89. The fraction of sp³-hybridized carbons (Fsp3) is 0.500. The van der Waals surface area contributed by atoms with E-state index < -0.39 is 0 Å². The molecule has 0 bridgehead atoms. The van der Waals surface area contributed by atoms with Crippen molar-refractivity contribution in [3.63, 3.8) is 0 Å². The van der Waals surface area contributed by atoms with Crippen molar-refractivity contribution in [2.75, 3.05) is 12.3 Å². The molecule has 0 spiro atoms. The molecule has 0 fully saturated rings. The molecule has 0 unspecified atom stereocenters. The van der Waals surface area contributed by atoms with Gasteiger partial charge in [-0.15, -0.1) is 5.10 Å². The van der Waals surface area contributed by atoms with Crippen LogP contribution in [0.5, 0.6) is 0 Å². The molecule has 7 heteroatoms. The first kappa shape index (κ1) is 16.0. The smallest absolute Gasteiger partial charge is 0.233 e. The number of fused-ring (bicyclic) bond motifs is 1. The van der Waals surface area contributed by atoms with Crippen LogP contribution in [-0.4, -0.2) is 43.3 Å². The van der Waals surface area contributed by atoms with Gasteiger partial charge >= 0.3 is 0 Å². The molecule has 0 N–H and O–H groups in total. The minimum absolute atomic E-state index is 0.142. The van der Waals surface area contributed by atoms with Crippen LogP contribution in [0.3, 0.4) is 0 Å². The number of nitrogens with zero attached hydrogens (tertiary/aromatic N) is 5. The second-order valence-electron chi connectivity index (χ2n) is 6.16. The van der Waals surface area contributed by atoms with E-state index in [-0.39, 0.29) is 5.91 Å². The predicted molar refractivity (Wildman–Crippen MR) is 88.9 cm³/mol. The van der Waals surface area contributed by atoms with Gasteiger partial charge < -0.3 is 4.90 Å². The highest BCUT2D eigenvalue weighted by Crippen LogP contribution is 2.21. The van der Waals surface area contributed by atoms with E-state index in [2.05, 4.69) is 47.6 Å². The van der Waals surface area contributed by atoms with Gasteiger partial charge in [0.2, 0.25) is 11.1 Å². The number of thioether (sulfide) groups is 1. The number of hydrogen-bond donors (Lipinski definition) is 0. The maximum absolute atomic E-state index is 12.5. The molecule has 23 heavy (non-hydrogen) atoms. The zero-order chi connectivity index (χ0) is 16.2. The highest BCUT2D eigenvalue weighted by molar-refractivity contribution is 7.99. The average molecular weight is 331 g/mol. The number of amides is 1. The van der Waals surface area contributed by atoms with E-state index in [9.17, 15) is 4.79 Å². The number of tetrazole rings is 1. The molecule has 6 nitrogen and oxygen atoms in total. The fourth-order valence-electron chi connectivity index (χ4n) is 2.69. The van der Waals surface area contributed by atoms with Gasteiger partial charge in [-0.1, -0.05) is 49.9 Å². The quantitative estimate of drug-likeness (QED) is 0.784. The summed E-state index contributed by atoms with van der Waals surface area (Å²) in [6.07, 6.45) is 0.928. The van der Waals surface area contributed by atoms with Gasteiger partial charge in [0.05, 0.1) is 5.75 Å². The lowest BCUT2D eigenvalue weighted by Gasteiger charge is -2.28. The third-order valence-corrected chi connectivity index (χ3v) is 4.79. The molecule has 1 amide bonds. The van der Waals surface area contributed by atoms with Crippen molar-refractivity contribution in [1.29, 1.82) is 0 Å². The highest BCUT2D eigenvalue weighted by Gasteiger charge is 2.21. The molecule has 1 aliphatic rings. The minimum atomic E-state index is 0.142. The SMILES string of the molecule is CC(C)Cn1nnnc1SCC(=O)N1CCc2ccccc2C1. The molecular formula is C16H21N5OS. The minimum Gasteiger partial charge on any atom is -0.337 e. The van der Waals surface area contributed by atoms with Crippen molar-refractivity contribution in [2.45, 2.75) is 38.5 Å². The van der Waals surface area contributed by atoms with Gasteiger partial charge in [-0.2, -0.15) is 0 Å². The second-order valence-corrected chi connectivity index (χ2v) is 7.10. The normalized spacial score (nSPS) is 14.1. The maximum Gasteiger partial charge on any atom is 0.233 e. The largest absolute Gasteiger partial charge is 0.337 e. The number of hydrogen-bond acceptors (Lipinski definition) is 5. The van der Waals surface area contributed by atoms with Gasteiger partial charge in [-0.25, -0.2) is 4.68 Å². The summed E-state index contributed by atoms with van der Waals surface area (Å²) < 4.78 is 1.77. The summed E-state index contributed by atoms with van der Waals surface area (Å²) in [6, 6.07) is 8.33. The van der Waals surface area contributed by atoms with E-state index in [0.717, 1.165) is 19.5 Å². The topological polar surface area (TPSA) is 63.9 Å². The van der Waals surface area contributed by atoms with E-state index in [1.807, 2.05) is 11.0 Å². The standard InChI is InChI=1S/C16H21N5OS/c1-12(2)9-21-16(17-18-19-21)23-11-15(22)20-8-7-13-5-3-4-6-14(13)10-20/h3-6,12H,7-11H2,1-2H3. The zero-order valence-corrected chi connectivity index (χ0v) is 14.3. The van der Waals surface area contributed by atoms with E-state index in [1.165, 1.54) is 22.9 Å². The van der Waals surface area contributed by atoms with Crippen LogP contribution >= 0.6 is 11.8 Å². The lowest BCUT2D eigenvalue weighted by Crippen LogP contribution is -2.37. The lowest BCUT2D eigenvalue weighted by molar-refractivity contribution is -0.129. The van der Waals surface area contributed by atoms with Crippen molar-refractivity contribution < 1.29 is 4.79 Å². The Kier molecular flexibility index (Phi) is 4.95. The molecular weight excluding hydrogens is 310 g/mol. The third-order valence-electron chi connectivity index (χ3n) is 3.85. The molecule has 1 aromatic carbocycles. The summed E-state index contributed by atoms with van der Waals surface area (Å²) in [5.74, 6) is 0.983. The van der Waals surface area contributed by atoms with Gasteiger partial charge in [0.15, 0.2) is 0 Å². The Labute approximate surface area is 140 Å². The Balaban J connectivity index is 1.57. The molecule has 2 aromatic rings. The third kappa shape index (κ3) is 3.90. The number of benzene rings is 1. The molecule has 0 radical (unpaired) electrons. The van der Waals surface area contributed by atoms with Crippen LogP contribution in [0.25, 0.3) is 0 Å². The first-order valence-corrected chi connectivity index (χ1v) is 8.85. The molecule has 0 atom stereocenters. The van der Waals surface area contributed by atoms with E-state index in [4.69, 9.17) is 0 Å². The molecule has 2 heterocycles. The van der Waals surface area contributed by atoms with Crippen molar-refractivity contribution >= 4 is 17.7 Å². The first-order valence-electron chi connectivity index (χ1n) is 7.87. The van der Waals surface area contributed by atoms with E-state index in [0.29, 0.717) is 23.4 Å². The summed E-state index contributed by atoms with van der Waals surface area (Å²) in [6.45, 7) is 6.49. The van der Waals surface area contributed by atoms with Crippen LogP contribution in [-0.2, 0) is 24.3 Å². The average Bonchev–Trinajstić information content (AvgIpc) is 2.98. The fourth-order valence-corrected chi connectivity index (χ4v) is 3.48. The van der Waals surface area contributed by atoms with E-state index >= 15 is 0 Å². The number of rotatable bonds is 5. The number of aromatic nitrogens is 4. The maximum atomic E-state index is 12.5. The van der Waals surface area contributed by atoms with Gasteiger partial charge in [0.1, 0.15) is 0 Å². The summed E-state index contributed by atoms with van der Waals surface area (Å²) >= 11 is 1.41. The lowest BCUT2D eigenvalue weighted by atomic mass is 10.00. The van der Waals surface area contributed by atoms with Gasteiger partial charge in [0, 0.05) is 19.6 Å². The van der Waals surface area contributed by atoms with Crippen molar-refractivity contribution in [3.8, 4) is 0 Å². The van der Waals surface area contributed by atoms with Gasteiger partial charge in [0.25, 0.3) is 0 Å². The van der Waals surface area contributed by atoms with Crippen molar-refractivity contribution in [1.82, 2.24) is 25.1 Å².